The van der Waals surface area contributed by atoms with Gasteiger partial charge in [-0.3, -0.25) is 9.48 Å². The highest BCUT2D eigenvalue weighted by atomic mass is 16.5. The van der Waals surface area contributed by atoms with Crippen molar-refractivity contribution in [3.8, 4) is 5.75 Å². The first-order chi connectivity index (χ1) is 8.61. The smallest absolute Gasteiger partial charge is 0.187 e. The minimum absolute atomic E-state index is 0.0424. The molecule has 2 rings (SSSR count). The first kappa shape index (κ1) is 12.4. The summed E-state index contributed by atoms with van der Waals surface area (Å²) >= 11 is 0. The number of Topliss-reactive ketones (excluding diaryl/α,β-unsaturated/α-hetero) is 1. The first-order valence-corrected chi connectivity index (χ1v) is 5.81. The van der Waals surface area contributed by atoms with Gasteiger partial charge in [0.25, 0.3) is 0 Å². The molecule has 0 saturated heterocycles. The lowest BCUT2D eigenvalue weighted by Crippen LogP contribution is -2.17. The molecule has 1 atom stereocenters. The van der Waals surface area contributed by atoms with Crippen LogP contribution in [0.3, 0.4) is 0 Å². The Hall–Kier alpha value is -2.10. The number of ketones is 1. The predicted molar refractivity (Wildman–Crippen MR) is 69.0 cm³/mol. The van der Waals surface area contributed by atoms with E-state index in [2.05, 4.69) is 5.10 Å². The van der Waals surface area contributed by atoms with Crippen molar-refractivity contribution in [2.24, 2.45) is 0 Å². The van der Waals surface area contributed by atoms with E-state index in [1.807, 2.05) is 20.0 Å². The molecule has 1 aromatic heterocycles. The summed E-state index contributed by atoms with van der Waals surface area (Å²) in [6.07, 6.45) is 3.61. The fourth-order valence-corrected chi connectivity index (χ4v) is 1.76. The van der Waals surface area contributed by atoms with E-state index in [0.29, 0.717) is 5.56 Å². The number of methoxy groups -OCH3 is 1. The van der Waals surface area contributed by atoms with Crippen molar-refractivity contribution in [1.29, 1.82) is 0 Å². The zero-order valence-electron chi connectivity index (χ0n) is 10.8. The van der Waals surface area contributed by atoms with Crippen molar-refractivity contribution in [3.63, 3.8) is 0 Å². The van der Waals surface area contributed by atoms with Gasteiger partial charge in [-0.2, -0.15) is 5.10 Å². The lowest BCUT2D eigenvalue weighted by Gasteiger charge is -2.11. The number of carbonyl (C=O) groups is 1. The second-order valence-corrected chi connectivity index (χ2v) is 4.27. The molecular weight excluding hydrogens is 228 g/mol. The third-order valence-electron chi connectivity index (χ3n) is 2.88. The quantitative estimate of drug-likeness (QED) is 0.777. The number of rotatable bonds is 4. The van der Waals surface area contributed by atoms with E-state index < -0.39 is 0 Å². The van der Waals surface area contributed by atoms with Crippen LogP contribution in [0.25, 0.3) is 0 Å². The van der Waals surface area contributed by atoms with E-state index in [0.717, 1.165) is 11.3 Å². The van der Waals surface area contributed by atoms with Gasteiger partial charge in [0.1, 0.15) is 11.8 Å². The number of carbonyl (C=O) groups excluding carboxylic acids is 1. The number of nitrogens with zero attached hydrogens (tertiary/aromatic N) is 2. The van der Waals surface area contributed by atoms with Gasteiger partial charge in [0, 0.05) is 11.8 Å². The van der Waals surface area contributed by atoms with Crippen LogP contribution in [0.1, 0.15) is 28.9 Å². The van der Waals surface area contributed by atoms with E-state index in [1.54, 1.807) is 42.3 Å². The van der Waals surface area contributed by atoms with Crippen LogP contribution in [0.15, 0.2) is 36.7 Å². The summed E-state index contributed by atoms with van der Waals surface area (Å²) in [6, 6.07) is 6.82. The van der Waals surface area contributed by atoms with Gasteiger partial charge in [-0.25, -0.2) is 0 Å². The van der Waals surface area contributed by atoms with Gasteiger partial charge in [-0.1, -0.05) is 0 Å². The van der Waals surface area contributed by atoms with Crippen molar-refractivity contribution in [3.05, 3.63) is 47.8 Å². The molecule has 0 fully saturated rings. The van der Waals surface area contributed by atoms with Gasteiger partial charge in [0.2, 0.25) is 0 Å². The van der Waals surface area contributed by atoms with Crippen LogP contribution < -0.4 is 4.74 Å². The molecule has 4 heteroatoms. The maximum absolute atomic E-state index is 12.3. The highest BCUT2D eigenvalue weighted by Crippen LogP contribution is 2.17. The molecule has 0 spiro atoms. The predicted octanol–water partition coefficient (Wildman–Crippen LogP) is 2.64. The van der Waals surface area contributed by atoms with Crippen LogP contribution in [0.5, 0.6) is 5.75 Å². The Kier molecular flexibility index (Phi) is 3.46. The Balaban J connectivity index is 2.19. The second-order valence-electron chi connectivity index (χ2n) is 4.27. The SMILES string of the molecule is COc1ccc(C(=O)C(C)n2cc(C)cn2)cc1. The van der Waals surface area contributed by atoms with Crippen molar-refractivity contribution >= 4 is 5.78 Å². The molecule has 0 N–H and O–H groups in total. The van der Waals surface area contributed by atoms with Crippen molar-refractivity contribution in [2.45, 2.75) is 19.9 Å². The van der Waals surface area contributed by atoms with Crippen LogP contribution >= 0.6 is 0 Å². The number of aryl methyl sites for hydroxylation is 1. The Morgan fingerprint density at radius 2 is 2.00 bits per heavy atom. The Morgan fingerprint density at radius 1 is 1.33 bits per heavy atom. The minimum atomic E-state index is -0.299. The van der Waals surface area contributed by atoms with Crippen LogP contribution in [0.2, 0.25) is 0 Å². The Labute approximate surface area is 106 Å². The van der Waals surface area contributed by atoms with Gasteiger partial charge in [0.05, 0.1) is 13.3 Å². The van der Waals surface area contributed by atoms with Crippen molar-refractivity contribution < 1.29 is 9.53 Å². The maximum atomic E-state index is 12.3. The fourth-order valence-electron chi connectivity index (χ4n) is 1.76. The van der Waals surface area contributed by atoms with E-state index >= 15 is 0 Å². The summed E-state index contributed by atoms with van der Waals surface area (Å²) in [5, 5.41) is 4.17. The van der Waals surface area contributed by atoms with E-state index in [1.165, 1.54) is 0 Å². The molecule has 0 aliphatic carbocycles. The zero-order chi connectivity index (χ0) is 13.1. The molecule has 0 aliphatic heterocycles. The van der Waals surface area contributed by atoms with Gasteiger partial charge >= 0.3 is 0 Å². The summed E-state index contributed by atoms with van der Waals surface area (Å²) in [5.41, 5.74) is 1.71. The van der Waals surface area contributed by atoms with E-state index in [9.17, 15) is 4.79 Å². The summed E-state index contributed by atoms with van der Waals surface area (Å²) in [4.78, 5) is 12.3. The van der Waals surface area contributed by atoms with Gasteiger partial charge < -0.3 is 4.74 Å². The lowest BCUT2D eigenvalue weighted by atomic mass is 10.1. The normalized spacial score (nSPS) is 12.2. The molecule has 18 heavy (non-hydrogen) atoms. The number of hydrogen-bond donors (Lipinski definition) is 0. The summed E-state index contributed by atoms with van der Waals surface area (Å²) < 4.78 is 6.75. The van der Waals surface area contributed by atoms with Crippen LogP contribution in [-0.2, 0) is 0 Å². The lowest BCUT2D eigenvalue weighted by molar-refractivity contribution is 0.0928. The maximum Gasteiger partial charge on any atom is 0.187 e. The number of aromatic nitrogens is 2. The standard InChI is InChI=1S/C14H16N2O2/c1-10-8-15-16(9-10)11(2)14(17)12-4-6-13(18-3)7-5-12/h4-9,11H,1-3H3. The summed E-state index contributed by atoms with van der Waals surface area (Å²) in [5.74, 6) is 0.787. The van der Waals surface area contributed by atoms with Crippen LogP contribution in [-0.4, -0.2) is 22.7 Å². The monoisotopic (exact) mass is 244 g/mol. The van der Waals surface area contributed by atoms with Gasteiger partial charge in [0.15, 0.2) is 5.78 Å². The molecule has 1 unspecified atom stereocenters. The van der Waals surface area contributed by atoms with Gasteiger partial charge in [-0.05, 0) is 43.7 Å². The van der Waals surface area contributed by atoms with Crippen molar-refractivity contribution in [1.82, 2.24) is 9.78 Å². The largest absolute Gasteiger partial charge is 0.497 e. The van der Waals surface area contributed by atoms with Crippen LogP contribution in [0.4, 0.5) is 0 Å². The highest BCUT2D eigenvalue weighted by molar-refractivity contribution is 5.98. The van der Waals surface area contributed by atoms with Crippen molar-refractivity contribution in [2.75, 3.05) is 7.11 Å². The topological polar surface area (TPSA) is 44.1 Å². The number of ether oxygens (including phenoxy) is 1. The minimum Gasteiger partial charge on any atom is -0.497 e. The number of hydrogen-bond acceptors (Lipinski definition) is 3. The molecule has 0 saturated carbocycles. The second kappa shape index (κ2) is 5.04. The summed E-state index contributed by atoms with van der Waals surface area (Å²) in [6.45, 7) is 3.80. The third kappa shape index (κ3) is 2.42. The molecule has 4 nitrogen and oxygen atoms in total. The van der Waals surface area contributed by atoms with E-state index in [-0.39, 0.29) is 11.8 Å². The molecule has 1 heterocycles. The Morgan fingerprint density at radius 3 is 2.50 bits per heavy atom. The highest BCUT2D eigenvalue weighted by Gasteiger charge is 2.17. The Bertz CT molecular complexity index is 543. The zero-order valence-corrected chi connectivity index (χ0v) is 10.8. The van der Waals surface area contributed by atoms with E-state index in [4.69, 9.17) is 4.74 Å². The molecule has 0 aliphatic rings. The van der Waals surface area contributed by atoms with Crippen LogP contribution in [0, 0.1) is 6.92 Å². The average Bonchev–Trinajstić information content (AvgIpc) is 2.84. The molecule has 0 bridgehead atoms. The summed E-state index contributed by atoms with van der Waals surface area (Å²) in [7, 11) is 1.60. The fraction of sp³-hybridized carbons (Fsp3) is 0.286. The molecule has 0 amide bonds. The molecule has 2 aromatic rings. The molecule has 0 radical (unpaired) electrons. The molecule has 1 aromatic carbocycles. The number of benzene rings is 1. The molecule has 94 valence electrons. The third-order valence-corrected chi connectivity index (χ3v) is 2.88. The first-order valence-electron chi connectivity index (χ1n) is 5.81. The molecular formula is C14H16N2O2. The average molecular weight is 244 g/mol. The van der Waals surface area contributed by atoms with Gasteiger partial charge in [-0.15, -0.1) is 0 Å².